The maximum Gasteiger partial charge on any atom is 0.226 e. The number of hydrogen-bond donors (Lipinski definition) is 2. The minimum atomic E-state index is 0.426. The molecular weight excluding hydrogens is 342 g/mol. The second kappa shape index (κ2) is 7.36. The van der Waals surface area contributed by atoms with E-state index in [2.05, 4.69) is 54.2 Å². The summed E-state index contributed by atoms with van der Waals surface area (Å²) in [6.45, 7) is 8.14. The van der Waals surface area contributed by atoms with E-state index in [1.54, 1.807) is 10.9 Å². The minimum Gasteiger partial charge on any atom is -0.383 e. The van der Waals surface area contributed by atoms with Gasteiger partial charge in [-0.1, -0.05) is 13.0 Å². The highest BCUT2D eigenvalue weighted by atomic mass is 15.3. The summed E-state index contributed by atoms with van der Waals surface area (Å²) in [5.74, 6) is 1.95. The normalized spacial score (nSPS) is 15.4. The van der Waals surface area contributed by atoms with E-state index in [-0.39, 0.29) is 0 Å². The van der Waals surface area contributed by atoms with Gasteiger partial charge >= 0.3 is 0 Å². The van der Waals surface area contributed by atoms with Crippen molar-refractivity contribution in [1.82, 2.24) is 29.6 Å². The monoisotopic (exact) mass is 367 g/mol. The van der Waals surface area contributed by atoms with Crippen LogP contribution in [0.15, 0.2) is 24.5 Å². The molecule has 0 unspecified atom stereocenters. The van der Waals surface area contributed by atoms with Crippen LogP contribution >= 0.6 is 0 Å². The Bertz CT molecular complexity index is 910. The summed E-state index contributed by atoms with van der Waals surface area (Å²) < 4.78 is 1.69. The highest BCUT2D eigenvalue weighted by Crippen LogP contribution is 2.19. The van der Waals surface area contributed by atoms with Crippen LogP contribution in [-0.2, 0) is 13.6 Å². The second-order valence-corrected chi connectivity index (χ2v) is 6.74. The van der Waals surface area contributed by atoms with Gasteiger partial charge in [0.05, 0.1) is 11.6 Å². The molecule has 142 valence electrons. The molecule has 9 nitrogen and oxygen atoms in total. The molecule has 0 atom stereocenters. The van der Waals surface area contributed by atoms with Crippen LogP contribution < -0.4 is 16.0 Å². The number of nitrogens with one attached hydrogen (secondary N) is 1. The molecule has 9 heteroatoms. The summed E-state index contributed by atoms with van der Waals surface area (Å²) in [6.07, 6.45) is 3.58. The van der Waals surface area contributed by atoms with Gasteiger partial charge in [0.25, 0.3) is 0 Å². The van der Waals surface area contributed by atoms with Crippen LogP contribution in [0.3, 0.4) is 0 Å². The van der Waals surface area contributed by atoms with E-state index < -0.39 is 0 Å². The smallest absolute Gasteiger partial charge is 0.226 e. The number of hydrogen-bond acceptors (Lipinski definition) is 8. The van der Waals surface area contributed by atoms with E-state index >= 15 is 0 Å². The average Bonchev–Trinajstić information content (AvgIpc) is 3.08. The van der Waals surface area contributed by atoms with Crippen molar-refractivity contribution in [1.29, 1.82) is 0 Å². The van der Waals surface area contributed by atoms with Crippen molar-refractivity contribution >= 4 is 28.6 Å². The molecule has 0 bridgehead atoms. The quantitative estimate of drug-likeness (QED) is 0.691. The molecule has 0 aromatic carbocycles. The number of pyridine rings is 1. The number of fused-ring (bicyclic) bond motifs is 1. The molecule has 4 rings (SSSR count). The van der Waals surface area contributed by atoms with E-state index in [1.807, 2.05) is 13.2 Å². The van der Waals surface area contributed by atoms with Gasteiger partial charge < -0.3 is 20.9 Å². The largest absolute Gasteiger partial charge is 0.383 e. The lowest BCUT2D eigenvalue weighted by atomic mass is 10.2. The molecule has 1 saturated heterocycles. The summed E-state index contributed by atoms with van der Waals surface area (Å²) in [5.41, 5.74) is 7.78. The number of rotatable bonds is 5. The zero-order valence-corrected chi connectivity index (χ0v) is 15.8. The molecule has 27 heavy (non-hydrogen) atoms. The number of nitrogens with zero attached hydrogens (tertiary/aromatic N) is 7. The van der Waals surface area contributed by atoms with Crippen molar-refractivity contribution in [2.24, 2.45) is 7.05 Å². The highest BCUT2D eigenvalue weighted by molar-refractivity contribution is 5.86. The number of nitrogen functional groups attached to an aromatic ring is 1. The SMILES string of the molecule is CCN1CCN(c2ccc(CNc3nc(N)c4cnn(C)c4n3)cn2)CC1. The number of aromatic nitrogens is 5. The summed E-state index contributed by atoms with van der Waals surface area (Å²) in [4.78, 5) is 18.2. The first-order valence-corrected chi connectivity index (χ1v) is 9.25. The van der Waals surface area contributed by atoms with Gasteiger partial charge in [0.15, 0.2) is 5.65 Å². The molecule has 3 aromatic rings. The summed E-state index contributed by atoms with van der Waals surface area (Å²) in [7, 11) is 1.83. The molecule has 1 fully saturated rings. The fourth-order valence-electron chi connectivity index (χ4n) is 3.31. The van der Waals surface area contributed by atoms with Crippen molar-refractivity contribution in [3.63, 3.8) is 0 Å². The van der Waals surface area contributed by atoms with Gasteiger partial charge in [-0.3, -0.25) is 4.68 Å². The van der Waals surface area contributed by atoms with Gasteiger partial charge in [0.2, 0.25) is 5.95 Å². The lowest BCUT2D eigenvalue weighted by molar-refractivity contribution is 0.270. The molecule has 0 spiro atoms. The Kier molecular flexibility index (Phi) is 4.76. The Balaban J connectivity index is 1.40. The molecule has 4 heterocycles. The summed E-state index contributed by atoms with van der Waals surface area (Å²) in [6, 6.07) is 4.17. The highest BCUT2D eigenvalue weighted by Gasteiger charge is 2.16. The number of aryl methyl sites for hydroxylation is 1. The fraction of sp³-hybridized carbons (Fsp3) is 0.444. The van der Waals surface area contributed by atoms with E-state index in [1.165, 1.54) is 0 Å². The number of piperazine rings is 1. The molecule has 0 radical (unpaired) electrons. The summed E-state index contributed by atoms with van der Waals surface area (Å²) in [5, 5.41) is 8.15. The van der Waals surface area contributed by atoms with Crippen LogP contribution in [0.1, 0.15) is 12.5 Å². The van der Waals surface area contributed by atoms with Crippen LogP contribution in [0.5, 0.6) is 0 Å². The number of anilines is 3. The van der Waals surface area contributed by atoms with Crippen LogP contribution in [0, 0.1) is 0 Å². The third-order valence-corrected chi connectivity index (χ3v) is 5.02. The van der Waals surface area contributed by atoms with Crippen molar-refractivity contribution in [2.75, 3.05) is 48.7 Å². The lowest BCUT2D eigenvalue weighted by Crippen LogP contribution is -2.46. The molecule has 1 aliphatic rings. The Morgan fingerprint density at radius 2 is 1.93 bits per heavy atom. The van der Waals surface area contributed by atoms with E-state index in [4.69, 9.17) is 5.73 Å². The second-order valence-electron chi connectivity index (χ2n) is 6.74. The number of likely N-dealkylation sites (N-methyl/N-ethyl adjacent to an activating group) is 1. The maximum atomic E-state index is 6.00. The van der Waals surface area contributed by atoms with Crippen LogP contribution in [0.4, 0.5) is 17.6 Å². The fourth-order valence-corrected chi connectivity index (χ4v) is 3.31. The van der Waals surface area contributed by atoms with Gasteiger partial charge in [-0.2, -0.15) is 15.1 Å². The first-order chi connectivity index (χ1) is 13.1. The van der Waals surface area contributed by atoms with Crippen molar-refractivity contribution in [2.45, 2.75) is 13.5 Å². The van der Waals surface area contributed by atoms with Crippen molar-refractivity contribution in [3.05, 3.63) is 30.1 Å². The standard InChI is InChI=1S/C18H25N9/c1-3-26-6-8-27(9-7-26)15-5-4-13(10-20-15)11-21-18-23-16(19)14-12-22-25(2)17(14)24-18/h4-5,10,12H,3,6-9,11H2,1-2H3,(H3,19,21,23,24). The topological polar surface area (TPSA) is 101 Å². The van der Waals surface area contributed by atoms with E-state index in [9.17, 15) is 0 Å². The minimum absolute atomic E-state index is 0.426. The lowest BCUT2D eigenvalue weighted by Gasteiger charge is -2.34. The van der Waals surface area contributed by atoms with Gasteiger partial charge in [-0.25, -0.2) is 4.98 Å². The van der Waals surface area contributed by atoms with Crippen molar-refractivity contribution < 1.29 is 0 Å². The summed E-state index contributed by atoms with van der Waals surface area (Å²) >= 11 is 0. The Hall–Kier alpha value is -2.94. The maximum absolute atomic E-state index is 6.00. The average molecular weight is 367 g/mol. The van der Waals surface area contributed by atoms with Crippen LogP contribution in [0.2, 0.25) is 0 Å². The molecule has 0 amide bonds. The predicted molar refractivity (Wildman–Crippen MR) is 107 cm³/mol. The first-order valence-electron chi connectivity index (χ1n) is 9.25. The third kappa shape index (κ3) is 3.63. The first kappa shape index (κ1) is 17.5. The predicted octanol–water partition coefficient (Wildman–Crippen LogP) is 1.09. The third-order valence-electron chi connectivity index (χ3n) is 5.02. The molecule has 0 aliphatic carbocycles. The molecule has 3 N–H and O–H groups in total. The Morgan fingerprint density at radius 3 is 2.63 bits per heavy atom. The molecule has 0 saturated carbocycles. The zero-order chi connectivity index (χ0) is 18.8. The number of nitrogens with two attached hydrogens (primary N) is 1. The molecule has 3 aromatic heterocycles. The van der Waals surface area contributed by atoms with E-state index in [0.717, 1.165) is 49.5 Å². The van der Waals surface area contributed by atoms with Crippen molar-refractivity contribution in [3.8, 4) is 0 Å². The van der Waals surface area contributed by atoms with Gasteiger partial charge in [-0.15, -0.1) is 0 Å². The zero-order valence-electron chi connectivity index (χ0n) is 15.8. The molecule has 1 aliphatic heterocycles. The van der Waals surface area contributed by atoms with Crippen LogP contribution in [0.25, 0.3) is 11.0 Å². The Labute approximate surface area is 158 Å². The van der Waals surface area contributed by atoms with Crippen LogP contribution in [-0.4, -0.2) is 62.4 Å². The van der Waals surface area contributed by atoms with Gasteiger partial charge in [0, 0.05) is 46.0 Å². The van der Waals surface area contributed by atoms with Gasteiger partial charge in [0.1, 0.15) is 11.6 Å². The van der Waals surface area contributed by atoms with E-state index in [0.29, 0.717) is 24.0 Å². The molecular formula is C18H25N9. The Morgan fingerprint density at radius 1 is 1.11 bits per heavy atom. The van der Waals surface area contributed by atoms with Gasteiger partial charge in [-0.05, 0) is 18.2 Å².